The maximum absolute atomic E-state index is 13.1. The summed E-state index contributed by atoms with van der Waals surface area (Å²) < 4.78 is 45.2. The molecule has 0 spiro atoms. The van der Waals surface area contributed by atoms with E-state index < -0.39 is 11.7 Å². The molecule has 0 bridgehead atoms. The number of carbonyl (C=O) groups is 2. The van der Waals surface area contributed by atoms with Gasteiger partial charge in [-0.2, -0.15) is 13.2 Å². The molecule has 1 saturated carbocycles. The molecule has 1 N–H and O–H groups in total. The summed E-state index contributed by atoms with van der Waals surface area (Å²) in [6, 6.07) is 10.7. The Balaban J connectivity index is 1.39. The lowest BCUT2D eigenvalue weighted by molar-refractivity contribution is -0.138. The molecule has 0 aliphatic heterocycles. The van der Waals surface area contributed by atoms with Crippen LogP contribution in [-0.2, 0) is 28.6 Å². The minimum atomic E-state index is -4.46. The molecule has 1 fully saturated rings. The molecule has 1 heterocycles. The quantitative estimate of drug-likeness (QED) is 0.451. The van der Waals surface area contributed by atoms with Crippen molar-refractivity contribution in [1.29, 1.82) is 0 Å². The van der Waals surface area contributed by atoms with E-state index in [0.29, 0.717) is 17.1 Å². The third kappa shape index (κ3) is 6.44. The molecule has 1 aliphatic carbocycles. The van der Waals surface area contributed by atoms with E-state index in [-0.39, 0.29) is 41.9 Å². The summed E-state index contributed by atoms with van der Waals surface area (Å²) >= 11 is 0. The second-order valence-corrected chi connectivity index (χ2v) is 8.73. The van der Waals surface area contributed by atoms with Crippen LogP contribution in [0.3, 0.4) is 0 Å². The zero-order valence-electron chi connectivity index (χ0n) is 19.3. The van der Waals surface area contributed by atoms with Gasteiger partial charge in [0, 0.05) is 24.8 Å². The van der Waals surface area contributed by atoms with E-state index in [0.717, 1.165) is 30.0 Å². The number of rotatable bonds is 8. The topological polar surface area (TPSA) is 81.2 Å². The number of amides is 1. The van der Waals surface area contributed by atoms with Crippen LogP contribution in [0.1, 0.15) is 40.7 Å². The van der Waals surface area contributed by atoms with Gasteiger partial charge in [0.1, 0.15) is 23.7 Å². The molecular weight excluding hydrogens is 459 g/mol. The number of nitrogens with one attached hydrogen (secondary N) is 1. The Bertz CT molecular complexity index is 1270. The van der Waals surface area contributed by atoms with Crippen molar-refractivity contribution in [2.75, 3.05) is 5.32 Å². The lowest BCUT2D eigenvalue weighted by atomic mass is 9.97. The van der Waals surface area contributed by atoms with Crippen molar-refractivity contribution in [2.45, 2.75) is 45.7 Å². The summed E-state index contributed by atoms with van der Waals surface area (Å²) in [5.41, 5.74) is 1.29. The lowest BCUT2D eigenvalue weighted by Gasteiger charge is -2.12. The molecule has 1 amide bonds. The Morgan fingerprint density at radius 2 is 1.77 bits per heavy atom. The van der Waals surface area contributed by atoms with Gasteiger partial charge in [0.2, 0.25) is 11.8 Å². The number of hydrogen-bond donors (Lipinski definition) is 1. The molecule has 0 atom stereocenters. The highest BCUT2D eigenvalue weighted by atomic mass is 19.4. The van der Waals surface area contributed by atoms with Crippen LogP contribution in [0.4, 0.5) is 19.0 Å². The molecule has 2 aromatic carbocycles. The summed E-state index contributed by atoms with van der Waals surface area (Å²) in [4.78, 5) is 32.6. The van der Waals surface area contributed by atoms with Crippen LogP contribution < -0.4 is 10.1 Å². The summed E-state index contributed by atoms with van der Waals surface area (Å²) in [6.07, 6.45) is -1.39. The van der Waals surface area contributed by atoms with Gasteiger partial charge in [0.25, 0.3) is 0 Å². The predicted octanol–water partition coefficient (Wildman–Crippen LogP) is 5.61. The van der Waals surface area contributed by atoms with E-state index in [9.17, 15) is 22.8 Å². The van der Waals surface area contributed by atoms with Crippen molar-refractivity contribution in [3.8, 4) is 11.6 Å². The minimum absolute atomic E-state index is 0.0462. The van der Waals surface area contributed by atoms with Gasteiger partial charge in [0.15, 0.2) is 0 Å². The average Bonchev–Trinajstić information content (AvgIpc) is 3.62. The number of ketones is 1. The highest BCUT2D eigenvalue weighted by Crippen LogP contribution is 2.33. The first-order valence-electron chi connectivity index (χ1n) is 11.2. The molecule has 4 rings (SSSR count). The first kappa shape index (κ1) is 24.4. The van der Waals surface area contributed by atoms with E-state index in [1.165, 1.54) is 25.4 Å². The number of ether oxygens (including phenoxy) is 1. The molecule has 1 aromatic heterocycles. The molecule has 182 valence electrons. The summed E-state index contributed by atoms with van der Waals surface area (Å²) in [6.45, 7) is 3.22. The lowest BCUT2D eigenvalue weighted by Crippen LogP contribution is -2.14. The molecule has 0 unspecified atom stereocenters. The Labute approximate surface area is 200 Å². The summed E-state index contributed by atoms with van der Waals surface area (Å²) in [5.74, 6) is 0.894. The predicted molar refractivity (Wildman–Crippen MR) is 123 cm³/mol. The largest absolute Gasteiger partial charge is 0.439 e. The third-order valence-corrected chi connectivity index (χ3v) is 5.77. The first-order chi connectivity index (χ1) is 16.6. The number of anilines is 1. The van der Waals surface area contributed by atoms with Crippen molar-refractivity contribution >= 4 is 17.5 Å². The molecule has 0 radical (unpaired) electrons. The van der Waals surface area contributed by atoms with Crippen LogP contribution in [-0.4, -0.2) is 21.7 Å². The van der Waals surface area contributed by atoms with E-state index in [1.807, 2.05) is 6.92 Å². The highest BCUT2D eigenvalue weighted by molar-refractivity contribution is 5.93. The molecule has 35 heavy (non-hydrogen) atoms. The number of benzene rings is 2. The van der Waals surface area contributed by atoms with E-state index in [1.54, 1.807) is 24.3 Å². The molecule has 3 aromatic rings. The molecule has 0 saturated heterocycles. The number of Topliss-reactive ketones (excluding diaryl/α,β-unsaturated/α-hetero) is 1. The van der Waals surface area contributed by atoms with Crippen molar-refractivity contribution in [3.05, 3.63) is 76.6 Å². The van der Waals surface area contributed by atoms with Crippen molar-refractivity contribution in [3.63, 3.8) is 0 Å². The fourth-order valence-electron chi connectivity index (χ4n) is 3.68. The van der Waals surface area contributed by atoms with Gasteiger partial charge in [-0.05, 0) is 67.1 Å². The van der Waals surface area contributed by atoms with Crippen LogP contribution >= 0.6 is 0 Å². The zero-order valence-corrected chi connectivity index (χ0v) is 19.3. The van der Waals surface area contributed by atoms with Crippen molar-refractivity contribution in [2.24, 2.45) is 5.92 Å². The van der Waals surface area contributed by atoms with Gasteiger partial charge >= 0.3 is 6.18 Å². The maximum Gasteiger partial charge on any atom is 0.416 e. The summed E-state index contributed by atoms with van der Waals surface area (Å²) in [7, 11) is 0. The summed E-state index contributed by atoms with van der Waals surface area (Å²) in [5, 5.41) is 2.74. The maximum atomic E-state index is 13.1. The van der Waals surface area contributed by atoms with Gasteiger partial charge in [0.05, 0.1) is 5.56 Å². The molecule has 9 heteroatoms. The van der Waals surface area contributed by atoms with E-state index >= 15 is 0 Å². The minimum Gasteiger partial charge on any atom is -0.439 e. The second-order valence-electron chi connectivity index (χ2n) is 8.73. The monoisotopic (exact) mass is 483 g/mol. The van der Waals surface area contributed by atoms with Gasteiger partial charge in [-0.25, -0.2) is 9.97 Å². The van der Waals surface area contributed by atoms with E-state index in [4.69, 9.17) is 4.74 Å². The average molecular weight is 483 g/mol. The molecule has 6 nitrogen and oxygen atoms in total. The molecule has 1 aliphatic rings. The van der Waals surface area contributed by atoms with Crippen molar-refractivity contribution < 1.29 is 27.5 Å². The smallest absolute Gasteiger partial charge is 0.416 e. The third-order valence-electron chi connectivity index (χ3n) is 5.77. The molecular formula is C26H24F3N3O3. The second kappa shape index (κ2) is 9.85. The van der Waals surface area contributed by atoms with Crippen LogP contribution in [0.15, 0.2) is 48.8 Å². The fourth-order valence-corrected chi connectivity index (χ4v) is 3.68. The van der Waals surface area contributed by atoms with Gasteiger partial charge in [-0.1, -0.05) is 18.2 Å². The number of halogens is 3. The normalized spacial score (nSPS) is 13.4. The number of aryl methyl sites for hydroxylation is 2. The SMILES string of the molecule is Cc1cc(Oc2cc(NC(=O)C3CC3)ncn2)ccc1CC(=O)Cc1ccc(C)c(C(F)(F)F)c1. The Kier molecular flexibility index (Phi) is 6.86. The van der Waals surface area contributed by atoms with Gasteiger partial charge in [-0.15, -0.1) is 0 Å². The number of alkyl halides is 3. The Morgan fingerprint density at radius 3 is 2.46 bits per heavy atom. The highest BCUT2D eigenvalue weighted by Gasteiger charge is 2.32. The van der Waals surface area contributed by atoms with Crippen LogP contribution in [0.25, 0.3) is 0 Å². The number of nitrogens with zero attached hydrogens (tertiary/aromatic N) is 2. The number of aromatic nitrogens is 2. The van der Waals surface area contributed by atoms with Crippen LogP contribution in [0, 0.1) is 19.8 Å². The Hall–Kier alpha value is -3.75. The fraction of sp³-hybridized carbons (Fsp3) is 0.308. The van der Waals surface area contributed by atoms with Gasteiger partial charge in [-0.3, -0.25) is 9.59 Å². The number of hydrogen-bond acceptors (Lipinski definition) is 5. The first-order valence-corrected chi connectivity index (χ1v) is 11.2. The zero-order chi connectivity index (χ0) is 25.2. The standard InChI is InChI=1S/C26H24F3N3O3/c1-15-3-4-17(11-22(15)26(27,28)29)10-20(33)12-19-7-8-21(9-16(19)2)35-24-13-23(30-14-31-24)32-25(34)18-5-6-18/h3-4,7-9,11,13-14,18H,5-6,10,12H2,1-2H3,(H,30,31,32,34). The van der Waals surface area contributed by atoms with E-state index in [2.05, 4.69) is 15.3 Å². The van der Waals surface area contributed by atoms with Gasteiger partial charge < -0.3 is 10.1 Å². The van der Waals surface area contributed by atoms with Crippen LogP contribution in [0.2, 0.25) is 0 Å². The van der Waals surface area contributed by atoms with Crippen LogP contribution in [0.5, 0.6) is 11.6 Å². The Morgan fingerprint density at radius 1 is 1.00 bits per heavy atom. The number of carbonyl (C=O) groups excluding carboxylic acids is 2. The van der Waals surface area contributed by atoms with Crippen molar-refractivity contribution in [1.82, 2.24) is 9.97 Å².